The number of methoxy groups -OCH3 is 1. The van der Waals surface area contributed by atoms with Crippen LogP contribution in [-0.4, -0.2) is 52.0 Å². The lowest BCUT2D eigenvalue weighted by atomic mass is 10.1. The topological polar surface area (TPSA) is 112 Å². The smallest absolute Gasteiger partial charge is 0.259 e. The molecule has 0 aliphatic carbocycles. The highest BCUT2D eigenvalue weighted by Gasteiger charge is 2.42. The molecule has 5 rings (SSSR count). The van der Waals surface area contributed by atoms with Gasteiger partial charge in [0.1, 0.15) is 17.6 Å². The van der Waals surface area contributed by atoms with Crippen molar-refractivity contribution in [3.8, 4) is 5.75 Å². The van der Waals surface area contributed by atoms with Crippen LogP contribution in [0.4, 0.5) is 11.4 Å². The van der Waals surface area contributed by atoms with Gasteiger partial charge < -0.3 is 15.4 Å². The second-order valence-corrected chi connectivity index (χ2v) is 11.3. The Morgan fingerprint density at radius 1 is 1.07 bits per heavy atom. The van der Waals surface area contributed by atoms with Crippen LogP contribution in [0, 0.1) is 6.92 Å². The minimum absolute atomic E-state index is 0.148. The Morgan fingerprint density at radius 3 is 2.60 bits per heavy atom. The summed E-state index contributed by atoms with van der Waals surface area (Å²) in [5.74, 6) is 0.685. The molecule has 42 heavy (non-hydrogen) atoms. The molecule has 0 fully saturated rings. The van der Waals surface area contributed by atoms with Gasteiger partial charge in [-0.05, 0) is 67.3 Å². The molecule has 216 valence electrons. The molecule has 9 nitrogen and oxygen atoms in total. The first kappa shape index (κ1) is 29.1. The predicted molar refractivity (Wildman–Crippen MR) is 166 cm³/mol. The van der Waals surface area contributed by atoms with E-state index in [4.69, 9.17) is 14.7 Å². The normalized spacial score (nSPS) is 16.1. The highest BCUT2D eigenvalue weighted by atomic mass is 32.2. The molecule has 2 heterocycles. The van der Waals surface area contributed by atoms with E-state index in [1.807, 2.05) is 86.6 Å². The van der Waals surface area contributed by atoms with Gasteiger partial charge in [-0.1, -0.05) is 55.1 Å². The van der Waals surface area contributed by atoms with Gasteiger partial charge in [0, 0.05) is 24.2 Å². The second kappa shape index (κ2) is 13.0. The first-order valence-corrected chi connectivity index (χ1v) is 14.8. The molecule has 0 spiro atoms. The van der Waals surface area contributed by atoms with Crippen molar-refractivity contribution in [3.05, 3.63) is 89.5 Å². The molecule has 2 aliphatic rings. The lowest BCUT2D eigenvalue weighted by molar-refractivity contribution is -0.125. The highest BCUT2D eigenvalue weighted by molar-refractivity contribution is 8.15. The molecule has 0 saturated carbocycles. The summed E-state index contributed by atoms with van der Waals surface area (Å²) < 4.78 is 5.17. The second-order valence-electron chi connectivity index (χ2n) is 10.1. The molecule has 0 bridgehead atoms. The van der Waals surface area contributed by atoms with E-state index in [0.29, 0.717) is 29.7 Å². The van der Waals surface area contributed by atoms with Gasteiger partial charge in [0.05, 0.1) is 18.0 Å². The number of benzene rings is 3. The van der Waals surface area contributed by atoms with Gasteiger partial charge in [0.15, 0.2) is 5.17 Å². The van der Waals surface area contributed by atoms with Gasteiger partial charge in [-0.2, -0.15) is 0 Å². The maximum atomic E-state index is 13.7. The summed E-state index contributed by atoms with van der Waals surface area (Å²) in [7, 11) is 1.61. The number of amides is 3. The number of carbonyl (C=O) groups excluding carboxylic acids is 3. The quantitative estimate of drug-likeness (QED) is 0.340. The van der Waals surface area contributed by atoms with Gasteiger partial charge in [-0.25, -0.2) is 9.89 Å². The van der Waals surface area contributed by atoms with Gasteiger partial charge in [0.2, 0.25) is 11.8 Å². The van der Waals surface area contributed by atoms with Crippen LogP contribution in [0.15, 0.2) is 82.8 Å². The van der Waals surface area contributed by atoms with Crippen molar-refractivity contribution in [2.45, 2.75) is 50.9 Å². The first-order chi connectivity index (χ1) is 20.4. The van der Waals surface area contributed by atoms with E-state index in [1.54, 1.807) is 7.11 Å². The van der Waals surface area contributed by atoms with Crippen LogP contribution in [0.3, 0.4) is 0 Å². The minimum Gasteiger partial charge on any atom is -0.497 e. The number of aliphatic imine (C=N–C) groups is 2. The van der Waals surface area contributed by atoms with Crippen LogP contribution in [0.25, 0.3) is 0 Å². The summed E-state index contributed by atoms with van der Waals surface area (Å²) in [6.45, 7) is 4.28. The lowest BCUT2D eigenvalue weighted by Gasteiger charge is -2.27. The molecule has 0 radical (unpaired) electrons. The maximum Gasteiger partial charge on any atom is 0.259 e. The Hall–Kier alpha value is -4.44. The maximum absolute atomic E-state index is 13.7. The van der Waals surface area contributed by atoms with Crippen LogP contribution >= 0.6 is 11.8 Å². The molecule has 3 aromatic carbocycles. The van der Waals surface area contributed by atoms with E-state index in [1.165, 1.54) is 16.7 Å². The average Bonchev–Trinajstić information content (AvgIpc) is 3.34. The standard InChI is InChI=1S/C32H33N5O4S/c1-4-27(30(39)34-22-9-7-8-20(2)18-22)42-32-36-25-11-6-5-10-24(25)29-35-26(31(40)37(29)32)16-17-28(38)33-19-21-12-14-23(41-3)15-13-21/h5-15,18,26-27H,4,16-17,19H2,1-3H3,(H,33,38)(H,34,39)/t26-,27+/m1/s1. The van der Waals surface area contributed by atoms with Crippen molar-refractivity contribution in [1.82, 2.24) is 10.2 Å². The summed E-state index contributed by atoms with van der Waals surface area (Å²) in [5.41, 5.74) is 4.16. The van der Waals surface area contributed by atoms with E-state index in [-0.39, 0.29) is 30.6 Å². The summed E-state index contributed by atoms with van der Waals surface area (Å²) in [6, 6.07) is 21.9. The molecule has 2 aliphatic heterocycles. The average molecular weight is 584 g/mol. The van der Waals surface area contributed by atoms with Crippen LogP contribution in [0.5, 0.6) is 5.75 Å². The molecule has 2 atom stereocenters. The number of amidine groups is 2. The molecule has 10 heteroatoms. The zero-order valence-electron chi connectivity index (χ0n) is 23.8. The van der Waals surface area contributed by atoms with E-state index in [9.17, 15) is 14.4 Å². The van der Waals surface area contributed by atoms with Crippen LogP contribution < -0.4 is 15.4 Å². The van der Waals surface area contributed by atoms with Crippen molar-refractivity contribution in [1.29, 1.82) is 0 Å². The zero-order valence-corrected chi connectivity index (χ0v) is 24.6. The third-order valence-corrected chi connectivity index (χ3v) is 8.35. The third kappa shape index (κ3) is 6.54. The molecular weight excluding hydrogens is 550 g/mol. The van der Waals surface area contributed by atoms with Gasteiger partial charge in [-0.15, -0.1) is 0 Å². The number of anilines is 1. The molecule has 0 saturated heterocycles. The summed E-state index contributed by atoms with van der Waals surface area (Å²) in [5, 5.41) is 5.82. The number of para-hydroxylation sites is 1. The summed E-state index contributed by atoms with van der Waals surface area (Å²) in [6.07, 6.45) is 0.947. The summed E-state index contributed by atoms with van der Waals surface area (Å²) >= 11 is 1.25. The van der Waals surface area contributed by atoms with Gasteiger partial charge >= 0.3 is 0 Å². The van der Waals surface area contributed by atoms with Crippen molar-refractivity contribution >= 4 is 51.9 Å². The van der Waals surface area contributed by atoms with Crippen LogP contribution in [0.2, 0.25) is 0 Å². The molecule has 0 unspecified atom stereocenters. The number of fused-ring (bicyclic) bond motifs is 3. The van der Waals surface area contributed by atoms with Crippen molar-refractivity contribution in [3.63, 3.8) is 0 Å². The predicted octanol–water partition coefficient (Wildman–Crippen LogP) is 5.21. The number of carbonyl (C=O) groups is 3. The van der Waals surface area contributed by atoms with Crippen molar-refractivity contribution in [2.24, 2.45) is 9.98 Å². The Bertz CT molecular complexity index is 1550. The highest BCUT2D eigenvalue weighted by Crippen LogP contribution is 2.36. The molecular formula is C32H33N5O4S. The fraction of sp³-hybridized carbons (Fsp3) is 0.281. The number of aryl methyl sites for hydroxylation is 1. The number of nitrogens with one attached hydrogen (secondary N) is 2. The zero-order chi connectivity index (χ0) is 29.6. The Morgan fingerprint density at radius 2 is 1.86 bits per heavy atom. The van der Waals surface area contributed by atoms with Gasteiger partial charge in [0.25, 0.3) is 5.91 Å². The Balaban J connectivity index is 1.27. The fourth-order valence-corrected chi connectivity index (χ4v) is 5.78. The number of thioether (sulfide) groups is 1. The fourth-order valence-electron chi connectivity index (χ4n) is 4.76. The van der Waals surface area contributed by atoms with Crippen molar-refractivity contribution < 1.29 is 19.1 Å². The number of nitrogens with zero attached hydrogens (tertiary/aromatic N) is 3. The lowest BCUT2D eigenvalue weighted by Crippen LogP contribution is -2.42. The van der Waals surface area contributed by atoms with E-state index in [0.717, 1.165) is 28.1 Å². The molecule has 2 N–H and O–H groups in total. The first-order valence-electron chi connectivity index (χ1n) is 13.9. The van der Waals surface area contributed by atoms with E-state index < -0.39 is 11.3 Å². The molecule has 3 amide bonds. The van der Waals surface area contributed by atoms with Gasteiger partial charge in [-0.3, -0.25) is 19.4 Å². The monoisotopic (exact) mass is 583 g/mol. The Labute approximate surface area is 249 Å². The SMILES string of the molecule is CC[C@H](SC1=Nc2ccccc2C2=N[C@H](CCC(=O)NCc3ccc(OC)cc3)C(=O)N12)C(=O)Nc1cccc(C)c1. The summed E-state index contributed by atoms with van der Waals surface area (Å²) in [4.78, 5) is 50.5. The van der Waals surface area contributed by atoms with Crippen LogP contribution in [-0.2, 0) is 20.9 Å². The molecule has 0 aromatic heterocycles. The van der Waals surface area contributed by atoms with E-state index in [2.05, 4.69) is 10.6 Å². The van der Waals surface area contributed by atoms with Crippen molar-refractivity contribution in [2.75, 3.05) is 12.4 Å². The Kier molecular flexibility index (Phi) is 9.02. The number of hydrogen-bond acceptors (Lipinski definition) is 7. The molecule has 3 aromatic rings. The minimum atomic E-state index is -0.718. The van der Waals surface area contributed by atoms with Crippen LogP contribution in [0.1, 0.15) is 42.9 Å². The number of hydrogen-bond donors (Lipinski definition) is 2. The number of ether oxygens (including phenoxy) is 1. The third-order valence-electron chi connectivity index (χ3n) is 7.04. The largest absolute Gasteiger partial charge is 0.497 e. The van der Waals surface area contributed by atoms with E-state index >= 15 is 0 Å². The number of rotatable bonds is 10.